The Morgan fingerprint density at radius 2 is 1.04 bits per heavy atom. The Hall–Kier alpha value is -7.47. The fourth-order valence-electron chi connectivity index (χ4n) is 7.51. The molecule has 0 aromatic carbocycles. The maximum absolute atomic E-state index is 12.9. The lowest BCUT2D eigenvalue weighted by atomic mass is 9.94. The maximum Gasteiger partial charge on any atom is 0.433 e. The fourth-order valence-corrected chi connectivity index (χ4v) is 7.51. The van der Waals surface area contributed by atoms with Crippen LogP contribution < -0.4 is 16.4 Å². The van der Waals surface area contributed by atoms with Gasteiger partial charge in [-0.15, -0.1) is 0 Å². The molecule has 354 valence electrons. The van der Waals surface area contributed by atoms with Gasteiger partial charge in [0.15, 0.2) is 0 Å². The van der Waals surface area contributed by atoms with Gasteiger partial charge in [0, 0.05) is 24.2 Å². The lowest BCUT2D eigenvalue weighted by Gasteiger charge is -2.27. The van der Waals surface area contributed by atoms with E-state index in [1.165, 1.54) is 33.6 Å². The molecule has 2 aliphatic rings. The molecule has 8 rings (SSSR count). The third kappa shape index (κ3) is 12.1. The van der Waals surface area contributed by atoms with Crippen LogP contribution in [0.15, 0.2) is 73.1 Å². The van der Waals surface area contributed by atoms with Gasteiger partial charge in [-0.2, -0.15) is 36.5 Å². The summed E-state index contributed by atoms with van der Waals surface area (Å²) in [6.45, 7) is 3.53. The van der Waals surface area contributed by atoms with Crippen molar-refractivity contribution in [2.45, 2.75) is 49.9 Å². The molecule has 8 heterocycles. The average Bonchev–Trinajstić information content (AvgIpc) is 3.90. The molecule has 3 amide bonds. The number of nitrogens with two attached hydrogens (primary N) is 1. The van der Waals surface area contributed by atoms with E-state index in [-0.39, 0.29) is 40.8 Å². The number of carboxylic acid groups (broad SMARTS) is 2. The molecule has 6 aromatic rings. The number of carbonyl (C=O) groups is 5. The zero-order valence-corrected chi connectivity index (χ0v) is 35.7. The minimum Gasteiger partial charge on any atom is -0.483 e. The molecule has 18 nitrogen and oxygen atoms in total. The molecule has 0 bridgehead atoms. The lowest BCUT2D eigenvalue weighted by Crippen LogP contribution is -2.29. The van der Waals surface area contributed by atoms with Gasteiger partial charge in [0.25, 0.3) is 24.2 Å². The van der Waals surface area contributed by atoms with E-state index >= 15 is 0 Å². The molecule has 6 aromatic heterocycles. The average molecular weight is 940 g/mol. The monoisotopic (exact) mass is 939 g/mol. The number of anilines is 2. The first-order chi connectivity index (χ1) is 31.6. The number of piperidine rings is 2. The summed E-state index contributed by atoms with van der Waals surface area (Å²) in [6, 6.07) is 12.6. The van der Waals surface area contributed by atoms with E-state index in [0.717, 1.165) is 99.6 Å². The number of aromatic carboxylic acids is 1. The van der Waals surface area contributed by atoms with E-state index in [4.69, 9.17) is 15.6 Å². The number of alkyl halides is 6. The number of carboxylic acids is 1. The molecular weight excluding hydrogens is 897 g/mol. The number of primary amides is 1. The lowest BCUT2D eigenvalue weighted by molar-refractivity contribution is -0.142. The van der Waals surface area contributed by atoms with Crippen LogP contribution in [0.1, 0.15) is 102 Å². The van der Waals surface area contributed by atoms with Gasteiger partial charge in [-0.3, -0.25) is 19.2 Å². The first-order valence-corrected chi connectivity index (χ1v) is 20.4. The van der Waals surface area contributed by atoms with Crippen molar-refractivity contribution >= 4 is 52.6 Å². The maximum atomic E-state index is 12.9. The summed E-state index contributed by atoms with van der Waals surface area (Å²) in [6.07, 6.45) is -2.94. The minimum atomic E-state index is -4.71. The van der Waals surface area contributed by atoms with Crippen molar-refractivity contribution in [3.05, 3.63) is 118 Å². The van der Waals surface area contributed by atoms with E-state index in [9.17, 15) is 50.6 Å². The summed E-state index contributed by atoms with van der Waals surface area (Å²) < 4.78 is 80.4. The van der Waals surface area contributed by atoms with Gasteiger partial charge in [0.05, 0.1) is 39.4 Å². The number of hydrogen-bond acceptors (Lipinski definition) is 11. The van der Waals surface area contributed by atoms with Crippen molar-refractivity contribution in [3.8, 4) is 0 Å². The molecule has 2 aliphatic heterocycles. The number of amides is 3. The highest BCUT2D eigenvalue weighted by atomic mass is 19.4. The molecule has 0 saturated carbocycles. The molecule has 0 spiro atoms. The highest BCUT2D eigenvalue weighted by Crippen LogP contribution is 2.32. The molecule has 0 unspecified atom stereocenters. The van der Waals surface area contributed by atoms with Crippen LogP contribution in [0.3, 0.4) is 0 Å². The van der Waals surface area contributed by atoms with E-state index in [1.807, 2.05) is 19.2 Å². The predicted molar refractivity (Wildman–Crippen MR) is 228 cm³/mol. The van der Waals surface area contributed by atoms with Crippen LogP contribution in [-0.4, -0.2) is 120 Å². The Balaban J connectivity index is 0.000000209. The number of hydrogen-bond donors (Lipinski definition) is 5. The van der Waals surface area contributed by atoms with Gasteiger partial charge >= 0.3 is 18.3 Å². The fraction of sp³-hybridized carbons (Fsp3) is 0.326. The van der Waals surface area contributed by atoms with Crippen molar-refractivity contribution in [3.63, 3.8) is 0 Å². The van der Waals surface area contributed by atoms with Crippen LogP contribution in [0, 0.1) is 0 Å². The highest BCUT2D eigenvalue weighted by Gasteiger charge is 2.34. The van der Waals surface area contributed by atoms with Crippen LogP contribution in [0.2, 0.25) is 0 Å². The second-order valence-electron chi connectivity index (χ2n) is 15.7. The Morgan fingerprint density at radius 3 is 1.40 bits per heavy atom. The van der Waals surface area contributed by atoms with Crippen molar-refractivity contribution < 1.29 is 60.5 Å². The normalized spacial score (nSPS) is 15.2. The number of fused-ring (bicyclic) bond motifs is 2. The first kappa shape index (κ1) is 49.0. The number of pyridine rings is 4. The molecule has 2 saturated heterocycles. The predicted octanol–water partition coefficient (Wildman–Crippen LogP) is 6.12. The van der Waals surface area contributed by atoms with Gasteiger partial charge in [0.2, 0.25) is 0 Å². The molecule has 0 radical (unpaired) electrons. The van der Waals surface area contributed by atoms with Gasteiger partial charge in [-0.25, -0.2) is 23.8 Å². The quantitative estimate of drug-likeness (QED) is 0.0855. The summed E-state index contributed by atoms with van der Waals surface area (Å²) in [5.41, 5.74) is 4.81. The number of halogens is 6. The van der Waals surface area contributed by atoms with Crippen LogP contribution >= 0.6 is 0 Å². The number of rotatable bonds is 8. The van der Waals surface area contributed by atoms with E-state index in [2.05, 4.69) is 47.6 Å². The summed E-state index contributed by atoms with van der Waals surface area (Å²) in [7, 11) is 4.11. The number of aromatic nitrogens is 6. The summed E-state index contributed by atoms with van der Waals surface area (Å²) in [5.74, 6) is -3.44. The number of likely N-dealkylation sites (tertiary alicyclic amines) is 2. The summed E-state index contributed by atoms with van der Waals surface area (Å²) in [5, 5.41) is 30.4. The van der Waals surface area contributed by atoms with Gasteiger partial charge < -0.3 is 36.4 Å². The number of nitrogens with one attached hydrogen (secondary N) is 2. The second kappa shape index (κ2) is 20.4. The smallest absolute Gasteiger partial charge is 0.433 e. The molecule has 6 N–H and O–H groups in total. The van der Waals surface area contributed by atoms with E-state index in [0.29, 0.717) is 11.0 Å². The topological polar surface area (TPSA) is 243 Å². The largest absolute Gasteiger partial charge is 0.483 e. The van der Waals surface area contributed by atoms with Crippen molar-refractivity contribution in [2.24, 2.45) is 5.73 Å². The standard InChI is InChI=1S/C21H21F3N6O2.C21H20F3N5O3.CH2O2/c1-29-7-5-12(6-8-29)16-9-13-10-17(14(19(25)31)11-30(13)28-16)27-20(32)15-3-2-4-18(26-15)21(22,23)24;1-28-7-5-12(6-8-28)16-9-13-10-17(14(20(31)32)11-29(13)27-16)26-19(30)15-3-2-4-18(25-15)21(22,23)24;2-1-3/h2-4,9-12H,5-8H2,1H3,(H2,25,31)(H,27,32);2-4,9-12H,5-8H2,1H3,(H,26,30)(H,31,32);1H,(H,2,3). The highest BCUT2D eigenvalue weighted by molar-refractivity contribution is 6.09. The molecule has 2 fully saturated rings. The zero-order valence-electron chi connectivity index (χ0n) is 35.7. The van der Waals surface area contributed by atoms with Crippen LogP contribution in [0.4, 0.5) is 37.7 Å². The third-order valence-electron chi connectivity index (χ3n) is 11.0. The van der Waals surface area contributed by atoms with Crippen molar-refractivity contribution in [2.75, 3.05) is 50.9 Å². The van der Waals surface area contributed by atoms with Crippen LogP contribution in [0.5, 0.6) is 0 Å². The molecule has 67 heavy (non-hydrogen) atoms. The number of carbonyl (C=O) groups excluding carboxylic acids is 3. The van der Waals surface area contributed by atoms with Crippen molar-refractivity contribution in [1.29, 1.82) is 0 Å². The van der Waals surface area contributed by atoms with Gasteiger partial charge in [-0.05, 0) is 114 Å². The molecule has 24 heteroatoms. The zero-order chi connectivity index (χ0) is 48.8. The van der Waals surface area contributed by atoms with Gasteiger partial charge in [-0.1, -0.05) is 12.1 Å². The number of nitrogens with zero attached hydrogens (tertiary/aromatic N) is 8. The van der Waals surface area contributed by atoms with Crippen LogP contribution in [-0.2, 0) is 17.1 Å². The molecule has 0 aliphatic carbocycles. The third-order valence-corrected chi connectivity index (χ3v) is 11.0. The molecule has 0 atom stereocenters. The Kier molecular flexibility index (Phi) is 14.9. The van der Waals surface area contributed by atoms with E-state index in [1.54, 1.807) is 0 Å². The van der Waals surface area contributed by atoms with Crippen LogP contribution in [0.25, 0.3) is 11.0 Å². The SMILES string of the molecule is CN1CCC(c2cc3cc(NC(=O)c4cccc(C(F)(F)F)n4)c(C(=O)O)cn3n2)CC1.CN1CCC(c2cc3cc(NC(=O)c4cccc(C(F)(F)F)n4)c(C(N)=O)cn3n2)CC1.O=CO. The Morgan fingerprint density at radius 1 is 0.672 bits per heavy atom. The summed E-state index contributed by atoms with van der Waals surface area (Å²) >= 11 is 0. The Labute approximate surface area is 376 Å². The van der Waals surface area contributed by atoms with Crippen molar-refractivity contribution in [1.82, 2.24) is 39.0 Å². The Bertz CT molecular complexity index is 2610. The summed E-state index contributed by atoms with van der Waals surface area (Å²) in [4.78, 5) is 68.4. The second-order valence-corrected chi connectivity index (χ2v) is 15.7. The molecular formula is C43H43F6N11O7. The van der Waals surface area contributed by atoms with E-state index < -0.39 is 58.8 Å². The minimum absolute atomic E-state index is 0.0177. The first-order valence-electron chi connectivity index (χ1n) is 20.4. The van der Waals surface area contributed by atoms with Gasteiger partial charge in [0.1, 0.15) is 28.3 Å².